The molecule has 1 heterocycles. The summed E-state index contributed by atoms with van der Waals surface area (Å²) in [5, 5.41) is 0.379. The Morgan fingerprint density at radius 1 is 1.35 bits per heavy atom. The molecule has 4 nitrogen and oxygen atoms in total. The molecule has 0 aliphatic carbocycles. The molecule has 0 saturated carbocycles. The first-order chi connectivity index (χ1) is 9.12. The van der Waals surface area contributed by atoms with Crippen LogP contribution in [0.15, 0.2) is 23.1 Å². The van der Waals surface area contributed by atoms with E-state index < -0.39 is 10.0 Å². The average molecular weight is 317 g/mol. The van der Waals surface area contributed by atoms with Gasteiger partial charge >= 0.3 is 0 Å². The van der Waals surface area contributed by atoms with Crippen LogP contribution in [-0.2, 0) is 10.0 Å². The van der Waals surface area contributed by atoms with Gasteiger partial charge in [0.15, 0.2) is 0 Å². The Bertz CT molecular complexity index is 608. The fourth-order valence-electron chi connectivity index (χ4n) is 2.52. The van der Waals surface area contributed by atoms with Gasteiger partial charge in [-0.25, -0.2) is 8.42 Å². The minimum Gasteiger partial charge on any atom is -0.398 e. The Kier molecular flexibility index (Phi) is 4.06. The molecule has 0 spiro atoms. The summed E-state index contributed by atoms with van der Waals surface area (Å²) < 4.78 is 26.9. The van der Waals surface area contributed by atoms with E-state index in [2.05, 4.69) is 20.8 Å². The third-order valence-corrected chi connectivity index (χ3v) is 6.13. The van der Waals surface area contributed by atoms with Crippen LogP contribution in [0, 0.1) is 11.3 Å². The third kappa shape index (κ3) is 2.95. The van der Waals surface area contributed by atoms with Gasteiger partial charge in [-0.2, -0.15) is 4.31 Å². The maximum atomic E-state index is 12.7. The molecule has 1 saturated heterocycles. The Hall–Kier alpha value is -0.780. The fourth-order valence-corrected chi connectivity index (χ4v) is 4.40. The lowest BCUT2D eigenvalue weighted by molar-refractivity contribution is 0.252. The zero-order chi connectivity index (χ0) is 15.1. The van der Waals surface area contributed by atoms with E-state index >= 15 is 0 Å². The van der Waals surface area contributed by atoms with Crippen molar-refractivity contribution >= 4 is 27.3 Å². The molecular weight excluding hydrogens is 296 g/mol. The Balaban J connectivity index is 2.31. The zero-order valence-electron chi connectivity index (χ0n) is 12.1. The van der Waals surface area contributed by atoms with E-state index in [4.69, 9.17) is 17.3 Å². The van der Waals surface area contributed by atoms with E-state index in [0.29, 0.717) is 24.0 Å². The van der Waals surface area contributed by atoms with Crippen molar-refractivity contribution in [2.24, 2.45) is 11.3 Å². The number of nitrogen functional groups attached to an aromatic ring is 1. The van der Waals surface area contributed by atoms with Crippen molar-refractivity contribution < 1.29 is 8.42 Å². The predicted octanol–water partition coefficient (Wildman–Crippen LogP) is 2.98. The summed E-state index contributed by atoms with van der Waals surface area (Å²) >= 11 is 5.89. The fraction of sp³-hybridized carbons (Fsp3) is 0.571. The van der Waals surface area contributed by atoms with Crippen LogP contribution in [0.2, 0.25) is 5.02 Å². The van der Waals surface area contributed by atoms with Crippen LogP contribution >= 0.6 is 11.6 Å². The molecule has 6 heteroatoms. The molecule has 1 atom stereocenters. The van der Waals surface area contributed by atoms with E-state index in [1.165, 1.54) is 16.4 Å². The number of anilines is 1. The van der Waals surface area contributed by atoms with Gasteiger partial charge in [0.2, 0.25) is 10.0 Å². The van der Waals surface area contributed by atoms with E-state index in [9.17, 15) is 8.42 Å². The van der Waals surface area contributed by atoms with Crippen molar-refractivity contribution in [3.8, 4) is 0 Å². The van der Waals surface area contributed by atoms with Crippen LogP contribution < -0.4 is 5.73 Å². The summed E-state index contributed by atoms with van der Waals surface area (Å²) in [5.41, 5.74) is 6.14. The molecule has 1 fully saturated rings. The van der Waals surface area contributed by atoms with Gasteiger partial charge in [-0.3, -0.25) is 0 Å². The van der Waals surface area contributed by atoms with Crippen LogP contribution in [-0.4, -0.2) is 25.8 Å². The molecule has 2 N–H and O–H groups in total. The monoisotopic (exact) mass is 316 g/mol. The standard InChI is InChI=1S/C14H21ClN2O2S/c1-14(2,3)10-6-7-17(9-10)20(18,19)13-8-11(15)4-5-12(13)16/h4-5,8,10H,6-7,9,16H2,1-3H3. The molecule has 1 aromatic carbocycles. The topological polar surface area (TPSA) is 63.4 Å². The lowest BCUT2D eigenvalue weighted by Crippen LogP contribution is -2.31. The van der Waals surface area contributed by atoms with Crippen molar-refractivity contribution in [3.05, 3.63) is 23.2 Å². The van der Waals surface area contributed by atoms with Crippen LogP contribution in [0.5, 0.6) is 0 Å². The van der Waals surface area contributed by atoms with Gasteiger partial charge in [0.05, 0.1) is 5.69 Å². The first-order valence-electron chi connectivity index (χ1n) is 6.67. The number of sulfonamides is 1. The average Bonchev–Trinajstić information content (AvgIpc) is 2.82. The van der Waals surface area contributed by atoms with Crippen molar-refractivity contribution in [2.75, 3.05) is 18.8 Å². The van der Waals surface area contributed by atoms with Crippen molar-refractivity contribution in [1.82, 2.24) is 4.31 Å². The van der Waals surface area contributed by atoms with Gasteiger partial charge in [0, 0.05) is 18.1 Å². The van der Waals surface area contributed by atoms with Crippen LogP contribution in [0.25, 0.3) is 0 Å². The summed E-state index contributed by atoms with van der Waals surface area (Å²) in [6.07, 6.45) is 0.878. The maximum absolute atomic E-state index is 12.7. The van der Waals surface area contributed by atoms with Crippen molar-refractivity contribution in [2.45, 2.75) is 32.1 Å². The number of rotatable bonds is 2. The van der Waals surface area contributed by atoms with Crippen LogP contribution in [0.3, 0.4) is 0 Å². The lowest BCUT2D eigenvalue weighted by atomic mass is 9.80. The maximum Gasteiger partial charge on any atom is 0.245 e. The van der Waals surface area contributed by atoms with E-state index in [-0.39, 0.29) is 16.0 Å². The summed E-state index contributed by atoms with van der Waals surface area (Å²) in [6.45, 7) is 7.50. The number of nitrogens with two attached hydrogens (primary N) is 1. The van der Waals surface area contributed by atoms with Crippen molar-refractivity contribution in [1.29, 1.82) is 0 Å². The van der Waals surface area contributed by atoms with Gasteiger partial charge in [-0.15, -0.1) is 0 Å². The molecule has 112 valence electrons. The second kappa shape index (κ2) is 5.20. The van der Waals surface area contributed by atoms with Gasteiger partial charge in [0.25, 0.3) is 0 Å². The number of hydrogen-bond donors (Lipinski definition) is 1. The molecule has 2 rings (SSSR count). The SMILES string of the molecule is CC(C)(C)C1CCN(S(=O)(=O)c2cc(Cl)ccc2N)C1. The minimum atomic E-state index is -3.56. The van der Waals surface area contributed by atoms with Gasteiger partial charge in [-0.1, -0.05) is 32.4 Å². The van der Waals surface area contributed by atoms with E-state index in [1.807, 2.05) is 0 Å². The molecular formula is C14H21ClN2O2S. The Morgan fingerprint density at radius 2 is 2.00 bits per heavy atom. The minimum absolute atomic E-state index is 0.101. The Labute approximate surface area is 126 Å². The van der Waals surface area contributed by atoms with Crippen molar-refractivity contribution in [3.63, 3.8) is 0 Å². The molecule has 1 aliphatic rings. The molecule has 20 heavy (non-hydrogen) atoms. The second-order valence-electron chi connectivity index (χ2n) is 6.40. The highest BCUT2D eigenvalue weighted by molar-refractivity contribution is 7.89. The first-order valence-corrected chi connectivity index (χ1v) is 8.49. The summed E-state index contributed by atoms with van der Waals surface area (Å²) in [7, 11) is -3.56. The predicted molar refractivity (Wildman–Crippen MR) is 82.2 cm³/mol. The molecule has 0 radical (unpaired) electrons. The van der Waals surface area contributed by atoms with E-state index in [0.717, 1.165) is 6.42 Å². The van der Waals surface area contributed by atoms with Crippen LogP contribution in [0.4, 0.5) is 5.69 Å². The largest absolute Gasteiger partial charge is 0.398 e. The molecule has 1 unspecified atom stereocenters. The highest BCUT2D eigenvalue weighted by Crippen LogP contribution is 2.36. The third-order valence-electron chi connectivity index (χ3n) is 3.97. The van der Waals surface area contributed by atoms with Crippen LogP contribution in [0.1, 0.15) is 27.2 Å². The molecule has 0 aromatic heterocycles. The zero-order valence-corrected chi connectivity index (χ0v) is 13.6. The molecule has 1 aliphatic heterocycles. The van der Waals surface area contributed by atoms with Gasteiger partial charge < -0.3 is 5.73 Å². The van der Waals surface area contributed by atoms with Gasteiger partial charge in [-0.05, 0) is 36.0 Å². The quantitative estimate of drug-likeness (QED) is 0.853. The molecule has 1 aromatic rings. The van der Waals surface area contributed by atoms with Gasteiger partial charge in [0.1, 0.15) is 4.90 Å². The van der Waals surface area contributed by atoms with E-state index in [1.54, 1.807) is 6.07 Å². The summed E-state index contributed by atoms with van der Waals surface area (Å²) in [6, 6.07) is 4.56. The molecule has 0 amide bonds. The first kappa shape index (κ1) is 15.6. The number of nitrogens with zero attached hydrogens (tertiary/aromatic N) is 1. The highest BCUT2D eigenvalue weighted by Gasteiger charge is 2.38. The highest BCUT2D eigenvalue weighted by atomic mass is 35.5. The number of hydrogen-bond acceptors (Lipinski definition) is 3. The Morgan fingerprint density at radius 3 is 2.55 bits per heavy atom. The number of benzene rings is 1. The smallest absolute Gasteiger partial charge is 0.245 e. The normalized spacial score (nSPS) is 21.3. The second-order valence-corrected chi connectivity index (χ2v) is 8.74. The molecule has 0 bridgehead atoms. The summed E-state index contributed by atoms with van der Waals surface area (Å²) in [4.78, 5) is 0.111. The number of halogens is 1. The summed E-state index contributed by atoms with van der Waals surface area (Å²) in [5.74, 6) is 0.359. The lowest BCUT2D eigenvalue weighted by Gasteiger charge is -2.27.